The lowest BCUT2D eigenvalue weighted by Gasteiger charge is -2.15. The minimum Gasteiger partial charge on any atom is -0.508 e. The summed E-state index contributed by atoms with van der Waals surface area (Å²) in [4.78, 5) is 29.7. The Hall–Kier alpha value is -3.23. The summed E-state index contributed by atoms with van der Waals surface area (Å²) in [5.41, 5.74) is 4.52. The highest BCUT2D eigenvalue weighted by molar-refractivity contribution is 8.26. The number of hydrogen-bond acceptors (Lipinski definition) is 6. The first kappa shape index (κ1) is 18.1. The summed E-state index contributed by atoms with van der Waals surface area (Å²) < 4.78 is 0.242. The van der Waals surface area contributed by atoms with Crippen molar-refractivity contribution >= 4 is 57.1 Å². The van der Waals surface area contributed by atoms with Crippen LogP contribution < -0.4 is 5.43 Å². The summed E-state index contributed by atoms with van der Waals surface area (Å²) in [5, 5.41) is 11.3. The van der Waals surface area contributed by atoms with E-state index in [1.807, 2.05) is 30.3 Å². The van der Waals surface area contributed by atoms with Crippen molar-refractivity contribution in [3.05, 3.63) is 76.8 Å². The van der Waals surface area contributed by atoms with Crippen LogP contribution in [0.4, 0.5) is 0 Å². The molecule has 6 nitrogen and oxygen atoms in total. The fraction of sp³-hybridized carbons (Fsp3) is 0. The van der Waals surface area contributed by atoms with E-state index in [0.29, 0.717) is 10.5 Å². The number of carbonyl (C=O) groups excluding carboxylic acids is 2. The van der Waals surface area contributed by atoms with E-state index in [9.17, 15) is 14.7 Å². The minimum atomic E-state index is -0.491. The fourth-order valence-corrected chi connectivity index (χ4v) is 3.86. The number of thioether (sulfide) groups is 1. The second-order valence-corrected chi connectivity index (χ2v) is 7.64. The maximum atomic E-state index is 12.7. The monoisotopic (exact) mass is 407 g/mol. The molecule has 1 fully saturated rings. The molecule has 2 heterocycles. The van der Waals surface area contributed by atoms with E-state index in [1.165, 1.54) is 24.3 Å². The molecule has 1 aliphatic heterocycles. The van der Waals surface area contributed by atoms with Gasteiger partial charge in [0, 0.05) is 17.1 Å². The predicted octanol–water partition coefficient (Wildman–Crippen LogP) is 3.49. The summed E-state index contributed by atoms with van der Waals surface area (Å²) >= 11 is 6.36. The number of aromatic hydroxyl groups is 1. The molecule has 2 amide bonds. The van der Waals surface area contributed by atoms with Crippen LogP contribution in [0, 0.1) is 0 Å². The van der Waals surface area contributed by atoms with Crippen molar-refractivity contribution in [1.82, 2.24) is 15.4 Å². The molecule has 1 saturated heterocycles. The first-order chi connectivity index (χ1) is 13.5. The molecule has 8 heteroatoms. The van der Waals surface area contributed by atoms with E-state index in [2.05, 4.69) is 10.4 Å². The molecular weight excluding hydrogens is 394 g/mol. The largest absolute Gasteiger partial charge is 0.508 e. The molecule has 1 aliphatic rings. The van der Waals surface area contributed by atoms with Gasteiger partial charge in [0.15, 0.2) is 4.32 Å². The van der Waals surface area contributed by atoms with E-state index in [4.69, 9.17) is 12.2 Å². The summed E-state index contributed by atoms with van der Waals surface area (Å²) in [5.74, 6) is -0.835. The number of amides is 2. The Morgan fingerprint density at radius 1 is 1.18 bits per heavy atom. The number of rotatable bonds is 3. The molecular formula is C20H13N3O3S2. The van der Waals surface area contributed by atoms with Crippen LogP contribution in [0.5, 0.6) is 5.75 Å². The van der Waals surface area contributed by atoms with Gasteiger partial charge in [-0.05, 0) is 66.3 Å². The molecule has 0 atom stereocenters. The molecule has 2 N–H and O–H groups in total. The minimum absolute atomic E-state index is 0.0516. The second-order valence-electron chi connectivity index (χ2n) is 5.96. The molecule has 0 aliphatic carbocycles. The van der Waals surface area contributed by atoms with Crippen molar-refractivity contribution in [3.63, 3.8) is 0 Å². The number of hydrazine groups is 1. The lowest BCUT2D eigenvalue weighted by molar-refractivity contribution is -0.123. The molecule has 138 valence electrons. The molecule has 1 aromatic heterocycles. The molecule has 0 bridgehead atoms. The van der Waals surface area contributed by atoms with Crippen molar-refractivity contribution in [1.29, 1.82) is 0 Å². The Morgan fingerprint density at radius 2 is 1.96 bits per heavy atom. The van der Waals surface area contributed by atoms with Crippen LogP contribution >= 0.6 is 24.0 Å². The number of pyridine rings is 1. The number of hydrogen-bond donors (Lipinski definition) is 2. The maximum absolute atomic E-state index is 12.7. The van der Waals surface area contributed by atoms with Gasteiger partial charge in [0.2, 0.25) is 0 Å². The van der Waals surface area contributed by atoms with E-state index in [0.717, 1.165) is 33.2 Å². The van der Waals surface area contributed by atoms with Gasteiger partial charge < -0.3 is 5.11 Å². The number of benzene rings is 2. The molecule has 0 saturated carbocycles. The lowest BCUT2D eigenvalue weighted by atomic mass is 10.1. The number of nitrogens with zero attached hydrogens (tertiary/aromatic N) is 2. The Morgan fingerprint density at radius 3 is 2.75 bits per heavy atom. The van der Waals surface area contributed by atoms with Gasteiger partial charge in [-0.1, -0.05) is 23.9 Å². The fourth-order valence-electron chi connectivity index (χ4n) is 2.68. The maximum Gasteiger partial charge on any atom is 0.285 e. The normalized spacial score (nSPS) is 15.4. The van der Waals surface area contributed by atoms with Gasteiger partial charge in [-0.3, -0.25) is 20.0 Å². The van der Waals surface area contributed by atoms with Crippen LogP contribution in [0.2, 0.25) is 0 Å². The first-order valence-electron chi connectivity index (χ1n) is 8.24. The number of nitrogens with one attached hydrogen (secondary N) is 1. The molecule has 0 spiro atoms. The van der Waals surface area contributed by atoms with Crippen LogP contribution in [0.3, 0.4) is 0 Å². The highest BCUT2D eigenvalue weighted by Gasteiger charge is 2.33. The zero-order valence-electron chi connectivity index (χ0n) is 14.3. The highest BCUT2D eigenvalue weighted by atomic mass is 32.2. The van der Waals surface area contributed by atoms with Crippen molar-refractivity contribution < 1.29 is 14.7 Å². The summed E-state index contributed by atoms with van der Waals surface area (Å²) in [6, 6.07) is 15.2. The van der Waals surface area contributed by atoms with Gasteiger partial charge in [-0.2, -0.15) is 5.01 Å². The molecule has 0 radical (unpaired) electrons. The predicted molar refractivity (Wildman–Crippen MR) is 112 cm³/mol. The third-order valence-corrected chi connectivity index (χ3v) is 5.36. The SMILES string of the molecule is O=C(NN1C(=O)/C(=C\c2ccc3ncccc3c2)SC1=S)c1ccc(O)cc1. The topological polar surface area (TPSA) is 82.5 Å². The van der Waals surface area contributed by atoms with Crippen LogP contribution in [-0.2, 0) is 4.79 Å². The summed E-state index contributed by atoms with van der Waals surface area (Å²) in [6.07, 6.45) is 3.46. The number of carbonyl (C=O) groups is 2. The quantitative estimate of drug-likeness (QED) is 0.511. The first-order valence-corrected chi connectivity index (χ1v) is 9.46. The van der Waals surface area contributed by atoms with Gasteiger partial charge in [-0.25, -0.2) is 0 Å². The summed E-state index contributed by atoms with van der Waals surface area (Å²) in [7, 11) is 0. The van der Waals surface area contributed by atoms with Crippen LogP contribution in [0.15, 0.2) is 65.7 Å². The van der Waals surface area contributed by atoms with Gasteiger partial charge >= 0.3 is 0 Å². The molecule has 0 unspecified atom stereocenters. The van der Waals surface area contributed by atoms with Crippen molar-refractivity contribution in [3.8, 4) is 5.75 Å². The van der Waals surface area contributed by atoms with E-state index < -0.39 is 11.8 Å². The number of aromatic nitrogens is 1. The van der Waals surface area contributed by atoms with Gasteiger partial charge in [0.05, 0.1) is 10.4 Å². The van der Waals surface area contributed by atoms with Crippen molar-refractivity contribution in [2.24, 2.45) is 0 Å². The average molecular weight is 407 g/mol. The number of phenolic OH excluding ortho intramolecular Hbond substituents is 1. The zero-order valence-corrected chi connectivity index (χ0v) is 16.0. The number of phenols is 1. The Bertz CT molecular complexity index is 1140. The van der Waals surface area contributed by atoms with Crippen molar-refractivity contribution in [2.75, 3.05) is 0 Å². The van der Waals surface area contributed by atoms with E-state index in [1.54, 1.807) is 12.3 Å². The van der Waals surface area contributed by atoms with E-state index >= 15 is 0 Å². The Balaban J connectivity index is 1.55. The Labute approximate surface area is 169 Å². The highest BCUT2D eigenvalue weighted by Crippen LogP contribution is 2.32. The van der Waals surface area contributed by atoms with Crippen molar-refractivity contribution in [2.45, 2.75) is 0 Å². The molecule has 2 aromatic carbocycles. The molecule has 28 heavy (non-hydrogen) atoms. The number of fused-ring (bicyclic) bond motifs is 1. The van der Waals surface area contributed by atoms with Crippen LogP contribution in [0.1, 0.15) is 15.9 Å². The zero-order chi connectivity index (χ0) is 19.7. The Kier molecular flexibility index (Phi) is 4.81. The second kappa shape index (κ2) is 7.41. The molecule has 4 rings (SSSR count). The van der Waals surface area contributed by atoms with Crippen LogP contribution in [-0.4, -0.2) is 31.2 Å². The standard InChI is InChI=1S/C20H13N3O3S2/c24-15-6-4-13(5-7-15)18(25)22-23-19(26)17(28-20(23)27)11-12-3-8-16-14(10-12)2-1-9-21-16/h1-11,24H,(H,22,25)/b17-11+. The van der Waals surface area contributed by atoms with Gasteiger partial charge in [0.1, 0.15) is 5.75 Å². The third kappa shape index (κ3) is 3.60. The summed E-state index contributed by atoms with van der Waals surface area (Å²) in [6.45, 7) is 0. The third-order valence-electron chi connectivity index (χ3n) is 4.06. The van der Waals surface area contributed by atoms with Crippen LogP contribution in [0.25, 0.3) is 17.0 Å². The smallest absolute Gasteiger partial charge is 0.285 e. The van der Waals surface area contributed by atoms with Gasteiger partial charge in [0.25, 0.3) is 11.8 Å². The lowest BCUT2D eigenvalue weighted by Crippen LogP contribution is -2.44. The average Bonchev–Trinajstić information content (AvgIpc) is 2.95. The van der Waals surface area contributed by atoms with Gasteiger partial charge in [-0.15, -0.1) is 0 Å². The number of thiocarbonyl (C=S) groups is 1. The molecule has 3 aromatic rings. The van der Waals surface area contributed by atoms with E-state index in [-0.39, 0.29) is 10.1 Å².